The van der Waals surface area contributed by atoms with E-state index in [1.807, 2.05) is 20.9 Å². The Kier molecular flexibility index (Phi) is 5.70. The molecule has 1 fully saturated rings. The summed E-state index contributed by atoms with van der Waals surface area (Å²) in [6.07, 6.45) is 5.56. The lowest BCUT2D eigenvalue weighted by Crippen LogP contribution is -2.39. The summed E-state index contributed by atoms with van der Waals surface area (Å²) in [7, 11) is 2.01. The molecule has 1 aliphatic heterocycles. The van der Waals surface area contributed by atoms with E-state index in [0.717, 1.165) is 18.5 Å². The van der Waals surface area contributed by atoms with E-state index in [1.54, 1.807) is 12.4 Å². The Morgan fingerprint density at radius 2 is 2.16 bits per heavy atom. The predicted molar refractivity (Wildman–Crippen MR) is 90.5 cm³/mol. The molecule has 136 valence electrons. The van der Waals surface area contributed by atoms with Crippen LogP contribution in [-0.2, 0) is 13.0 Å². The van der Waals surface area contributed by atoms with Crippen LogP contribution < -0.4 is 0 Å². The highest BCUT2D eigenvalue weighted by Gasteiger charge is 2.34. The monoisotopic (exact) mass is 348 g/mol. The van der Waals surface area contributed by atoms with Crippen molar-refractivity contribution in [2.45, 2.75) is 51.5 Å². The van der Waals surface area contributed by atoms with Crippen LogP contribution in [0.3, 0.4) is 0 Å². The number of aromatic nitrogens is 4. The molecule has 1 saturated heterocycles. The molecule has 0 aliphatic carbocycles. The lowest BCUT2D eigenvalue weighted by Gasteiger charge is -2.30. The zero-order chi connectivity index (χ0) is 17.8. The largest absolute Gasteiger partial charge is 0.338 e. The van der Waals surface area contributed by atoms with Crippen molar-refractivity contribution in [1.82, 2.24) is 29.9 Å². The molecule has 0 radical (unpaired) electrons. The lowest BCUT2D eigenvalue weighted by molar-refractivity contribution is 0.143. The third kappa shape index (κ3) is 4.38. The number of halogens is 1. The van der Waals surface area contributed by atoms with Gasteiger partial charge >= 0.3 is 0 Å². The summed E-state index contributed by atoms with van der Waals surface area (Å²) in [6.45, 7) is 5.87. The molecule has 3 rings (SSSR count). The second-order valence-electron chi connectivity index (χ2n) is 6.68. The highest BCUT2D eigenvalue weighted by molar-refractivity contribution is 5.04. The van der Waals surface area contributed by atoms with Crippen molar-refractivity contribution in [3.05, 3.63) is 36.0 Å². The molecule has 2 aromatic rings. The molecule has 3 atom stereocenters. The molecular formula is C17H25FN6O. The molecular weight excluding hydrogens is 323 g/mol. The van der Waals surface area contributed by atoms with Crippen LogP contribution in [0.5, 0.6) is 0 Å². The molecule has 0 amide bonds. The standard InChI is InChI=1S/C17H25FN6O/c1-4-16-21-17(25-22-16)12(2)23(3)10-15-5-14(18)9-24(15)8-13-6-19-11-20-7-13/h6-7,11-12,14-15H,4-5,8-10H2,1-3H3/t12-,14-,15-/m0/s1. The first-order valence-corrected chi connectivity index (χ1v) is 8.71. The van der Waals surface area contributed by atoms with Crippen molar-refractivity contribution in [1.29, 1.82) is 0 Å². The summed E-state index contributed by atoms with van der Waals surface area (Å²) in [5.41, 5.74) is 1.00. The number of nitrogens with zero attached hydrogens (tertiary/aromatic N) is 6. The number of likely N-dealkylation sites (tertiary alicyclic amines) is 1. The van der Waals surface area contributed by atoms with Gasteiger partial charge in [-0.1, -0.05) is 12.1 Å². The third-order valence-electron chi connectivity index (χ3n) is 4.79. The number of rotatable bonds is 7. The van der Waals surface area contributed by atoms with Gasteiger partial charge in [-0.25, -0.2) is 14.4 Å². The van der Waals surface area contributed by atoms with E-state index >= 15 is 0 Å². The van der Waals surface area contributed by atoms with E-state index < -0.39 is 6.17 Å². The minimum atomic E-state index is -0.798. The fourth-order valence-corrected chi connectivity index (χ4v) is 3.21. The lowest BCUT2D eigenvalue weighted by atomic mass is 10.1. The van der Waals surface area contributed by atoms with Crippen LogP contribution in [-0.4, -0.2) is 62.3 Å². The molecule has 0 aromatic carbocycles. The van der Waals surface area contributed by atoms with E-state index in [1.165, 1.54) is 6.33 Å². The Morgan fingerprint density at radius 1 is 1.40 bits per heavy atom. The van der Waals surface area contributed by atoms with Gasteiger partial charge in [-0.05, 0) is 20.4 Å². The average Bonchev–Trinajstić information content (AvgIpc) is 3.22. The van der Waals surface area contributed by atoms with E-state index in [2.05, 4.69) is 29.9 Å². The van der Waals surface area contributed by atoms with Crippen LogP contribution in [0.25, 0.3) is 0 Å². The number of hydrogen-bond donors (Lipinski definition) is 0. The van der Waals surface area contributed by atoms with Crippen molar-refractivity contribution in [3.8, 4) is 0 Å². The second-order valence-corrected chi connectivity index (χ2v) is 6.68. The quantitative estimate of drug-likeness (QED) is 0.758. The third-order valence-corrected chi connectivity index (χ3v) is 4.79. The van der Waals surface area contributed by atoms with E-state index in [0.29, 0.717) is 31.2 Å². The fraction of sp³-hybridized carbons (Fsp3) is 0.647. The molecule has 0 saturated carbocycles. The van der Waals surface area contributed by atoms with Gasteiger partial charge in [0, 0.05) is 50.1 Å². The molecule has 3 heterocycles. The van der Waals surface area contributed by atoms with Gasteiger partial charge in [0.25, 0.3) is 0 Å². The first-order chi connectivity index (χ1) is 12.1. The van der Waals surface area contributed by atoms with Gasteiger partial charge in [-0.15, -0.1) is 0 Å². The topological polar surface area (TPSA) is 71.2 Å². The van der Waals surface area contributed by atoms with Gasteiger partial charge in [0.1, 0.15) is 12.5 Å². The molecule has 1 aliphatic rings. The first-order valence-electron chi connectivity index (χ1n) is 8.71. The normalized spacial score (nSPS) is 22.6. The number of hydrogen-bond acceptors (Lipinski definition) is 7. The van der Waals surface area contributed by atoms with Gasteiger partial charge in [-0.3, -0.25) is 9.80 Å². The molecule has 8 heteroatoms. The summed E-state index contributed by atoms with van der Waals surface area (Å²) in [6, 6.07) is 0.129. The number of alkyl halides is 1. The van der Waals surface area contributed by atoms with Crippen LogP contribution in [0.15, 0.2) is 23.2 Å². The average molecular weight is 348 g/mol. The highest BCUT2D eigenvalue weighted by Crippen LogP contribution is 2.25. The summed E-state index contributed by atoms with van der Waals surface area (Å²) in [4.78, 5) is 16.8. The SMILES string of the molecule is CCc1noc([C@H](C)N(C)C[C@@H]2C[C@H](F)CN2Cc2cncnc2)n1. The molecule has 2 aromatic heterocycles. The van der Waals surface area contributed by atoms with Gasteiger partial charge in [-0.2, -0.15) is 4.98 Å². The van der Waals surface area contributed by atoms with Gasteiger partial charge in [0.05, 0.1) is 6.04 Å². The van der Waals surface area contributed by atoms with Crippen LogP contribution in [0.1, 0.15) is 43.6 Å². The van der Waals surface area contributed by atoms with Crippen molar-refractivity contribution >= 4 is 0 Å². The van der Waals surface area contributed by atoms with E-state index in [-0.39, 0.29) is 12.1 Å². The summed E-state index contributed by atoms with van der Waals surface area (Å²) in [5, 5.41) is 3.96. The molecule has 25 heavy (non-hydrogen) atoms. The number of likely N-dealkylation sites (N-methyl/N-ethyl adjacent to an activating group) is 1. The molecule has 7 nitrogen and oxygen atoms in total. The zero-order valence-electron chi connectivity index (χ0n) is 15.0. The second kappa shape index (κ2) is 7.97. The highest BCUT2D eigenvalue weighted by atomic mass is 19.1. The maximum absolute atomic E-state index is 14.0. The van der Waals surface area contributed by atoms with Crippen molar-refractivity contribution in [3.63, 3.8) is 0 Å². The van der Waals surface area contributed by atoms with Gasteiger partial charge in [0.15, 0.2) is 5.82 Å². The Hall–Kier alpha value is -1.93. The van der Waals surface area contributed by atoms with E-state index in [4.69, 9.17) is 4.52 Å². The van der Waals surface area contributed by atoms with Crippen LogP contribution in [0.4, 0.5) is 4.39 Å². The molecule has 0 spiro atoms. The van der Waals surface area contributed by atoms with Crippen LogP contribution in [0, 0.1) is 0 Å². The van der Waals surface area contributed by atoms with Crippen LogP contribution >= 0.6 is 0 Å². The molecule has 0 N–H and O–H groups in total. The smallest absolute Gasteiger partial charge is 0.243 e. The van der Waals surface area contributed by atoms with Gasteiger partial charge in [0.2, 0.25) is 5.89 Å². The van der Waals surface area contributed by atoms with Gasteiger partial charge < -0.3 is 4.52 Å². The zero-order valence-corrected chi connectivity index (χ0v) is 15.0. The fourth-order valence-electron chi connectivity index (χ4n) is 3.21. The first kappa shape index (κ1) is 17.9. The van der Waals surface area contributed by atoms with E-state index in [9.17, 15) is 4.39 Å². The Morgan fingerprint density at radius 3 is 2.84 bits per heavy atom. The summed E-state index contributed by atoms with van der Waals surface area (Å²) >= 11 is 0. The maximum Gasteiger partial charge on any atom is 0.243 e. The Labute approximate surface area is 147 Å². The Bertz CT molecular complexity index is 666. The van der Waals surface area contributed by atoms with Crippen molar-refractivity contribution < 1.29 is 8.91 Å². The number of aryl methyl sites for hydroxylation is 1. The minimum absolute atomic E-state index is 0.00614. The van der Waals surface area contributed by atoms with Crippen molar-refractivity contribution in [2.75, 3.05) is 20.1 Å². The summed E-state index contributed by atoms with van der Waals surface area (Å²) in [5.74, 6) is 1.32. The molecule has 0 bridgehead atoms. The Balaban J connectivity index is 1.62. The predicted octanol–water partition coefficient (Wildman–Crippen LogP) is 2.03. The molecule has 0 unspecified atom stereocenters. The summed E-state index contributed by atoms with van der Waals surface area (Å²) < 4.78 is 19.4. The maximum atomic E-state index is 14.0. The van der Waals surface area contributed by atoms with Crippen LogP contribution in [0.2, 0.25) is 0 Å². The minimum Gasteiger partial charge on any atom is -0.338 e. The van der Waals surface area contributed by atoms with Crippen molar-refractivity contribution in [2.24, 2.45) is 0 Å².